The van der Waals surface area contributed by atoms with Gasteiger partial charge < -0.3 is 10.2 Å². The molecule has 1 aromatic rings. The molecule has 0 bridgehead atoms. The highest BCUT2D eigenvalue weighted by Crippen LogP contribution is 2.22. The summed E-state index contributed by atoms with van der Waals surface area (Å²) in [6.45, 7) is 4.29. The molecule has 1 aliphatic rings. The average molecular weight is 249 g/mol. The molecule has 98 valence electrons. The molecule has 2 N–H and O–H groups in total. The van der Waals surface area contributed by atoms with E-state index in [2.05, 4.69) is 4.90 Å². The molecule has 1 heterocycles. The molecule has 1 aromatic carbocycles. The highest BCUT2D eigenvalue weighted by molar-refractivity contribution is 5.89. The van der Waals surface area contributed by atoms with Gasteiger partial charge >= 0.3 is 5.97 Å². The molecule has 0 aliphatic carbocycles. The molecule has 1 aliphatic heterocycles. The topological polar surface area (TPSA) is 60.8 Å². The zero-order valence-electron chi connectivity index (χ0n) is 10.6. The maximum absolute atomic E-state index is 11.1. The molecule has 4 nitrogen and oxygen atoms in total. The van der Waals surface area contributed by atoms with Crippen molar-refractivity contribution in [3.05, 3.63) is 34.9 Å². The first-order chi connectivity index (χ1) is 8.58. The van der Waals surface area contributed by atoms with E-state index in [-0.39, 0.29) is 6.10 Å². The van der Waals surface area contributed by atoms with Crippen LogP contribution in [0.15, 0.2) is 18.2 Å². The lowest BCUT2D eigenvalue weighted by atomic mass is 9.94. The maximum Gasteiger partial charge on any atom is 0.335 e. The number of hydrogen-bond donors (Lipinski definition) is 2. The van der Waals surface area contributed by atoms with Crippen molar-refractivity contribution in [1.82, 2.24) is 4.90 Å². The van der Waals surface area contributed by atoms with Crippen LogP contribution in [0.5, 0.6) is 0 Å². The van der Waals surface area contributed by atoms with Crippen LogP contribution in [0.3, 0.4) is 0 Å². The number of aliphatic hydroxyl groups is 1. The zero-order valence-corrected chi connectivity index (χ0v) is 10.6. The fourth-order valence-electron chi connectivity index (χ4n) is 2.43. The number of rotatable bonds is 4. The summed E-state index contributed by atoms with van der Waals surface area (Å²) in [6, 6.07) is 5.48. The van der Waals surface area contributed by atoms with Crippen LogP contribution in [0.1, 0.15) is 34.8 Å². The maximum atomic E-state index is 11.1. The first-order valence-electron chi connectivity index (χ1n) is 6.32. The Labute approximate surface area is 107 Å². The van der Waals surface area contributed by atoms with Gasteiger partial charge in [0.05, 0.1) is 11.7 Å². The molecule has 0 amide bonds. The van der Waals surface area contributed by atoms with Crippen molar-refractivity contribution in [3.8, 4) is 0 Å². The van der Waals surface area contributed by atoms with Crippen molar-refractivity contribution < 1.29 is 15.0 Å². The van der Waals surface area contributed by atoms with Crippen molar-refractivity contribution >= 4 is 5.97 Å². The minimum absolute atomic E-state index is 0.281. The van der Waals surface area contributed by atoms with Crippen molar-refractivity contribution in [2.24, 2.45) is 0 Å². The van der Waals surface area contributed by atoms with Crippen molar-refractivity contribution in [2.45, 2.75) is 32.4 Å². The number of benzene rings is 1. The Hall–Kier alpha value is -1.39. The van der Waals surface area contributed by atoms with Gasteiger partial charge in [0.1, 0.15) is 0 Å². The van der Waals surface area contributed by atoms with Gasteiger partial charge in [-0.05, 0) is 37.0 Å². The molecule has 2 rings (SSSR count). The first-order valence-corrected chi connectivity index (χ1v) is 6.32. The van der Waals surface area contributed by atoms with Crippen LogP contribution in [0.25, 0.3) is 0 Å². The second-order valence-electron chi connectivity index (χ2n) is 4.91. The largest absolute Gasteiger partial charge is 0.478 e. The molecule has 1 unspecified atom stereocenters. The summed E-state index contributed by atoms with van der Waals surface area (Å²) in [5.41, 5.74) is 2.51. The Morgan fingerprint density at radius 3 is 2.94 bits per heavy atom. The molecule has 0 fully saturated rings. The smallest absolute Gasteiger partial charge is 0.335 e. The van der Waals surface area contributed by atoms with Gasteiger partial charge in [0, 0.05) is 19.6 Å². The van der Waals surface area contributed by atoms with Crippen LogP contribution in [0, 0.1) is 0 Å². The van der Waals surface area contributed by atoms with E-state index in [9.17, 15) is 9.90 Å². The normalized spacial score (nSPS) is 17.2. The average Bonchev–Trinajstić information content (AvgIpc) is 2.35. The summed E-state index contributed by atoms with van der Waals surface area (Å²) in [7, 11) is 0. The number of carbonyl (C=O) groups is 1. The Balaban J connectivity index is 2.11. The molecule has 0 saturated heterocycles. The van der Waals surface area contributed by atoms with Crippen LogP contribution in [0.4, 0.5) is 0 Å². The third-order valence-corrected chi connectivity index (χ3v) is 3.44. The molecule has 1 atom stereocenters. The second kappa shape index (κ2) is 5.50. The van der Waals surface area contributed by atoms with Crippen molar-refractivity contribution in [3.63, 3.8) is 0 Å². The Bertz CT molecular complexity index is 443. The van der Waals surface area contributed by atoms with E-state index in [0.29, 0.717) is 5.56 Å². The SMILES string of the molecule is CC(O)CCN1CCc2c(cccc2C(=O)O)C1. The molecule has 0 radical (unpaired) electrons. The zero-order chi connectivity index (χ0) is 13.1. The van der Waals surface area contributed by atoms with Gasteiger partial charge in [0.2, 0.25) is 0 Å². The van der Waals surface area contributed by atoms with Crippen LogP contribution < -0.4 is 0 Å². The number of carboxylic acid groups (broad SMARTS) is 1. The number of hydrogen-bond acceptors (Lipinski definition) is 3. The van der Waals surface area contributed by atoms with Gasteiger partial charge in [-0.3, -0.25) is 4.90 Å². The van der Waals surface area contributed by atoms with Crippen LogP contribution in [-0.4, -0.2) is 40.3 Å². The number of aliphatic hydroxyl groups excluding tert-OH is 1. The fraction of sp³-hybridized carbons (Fsp3) is 0.500. The highest BCUT2D eigenvalue weighted by Gasteiger charge is 2.20. The molecule has 4 heteroatoms. The Morgan fingerprint density at radius 2 is 2.28 bits per heavy atom. The van der Waals surface area contributed by atoms with E-state index >= 15 is 0 Å². The predicted octanol–water partition coefficient (Wildman–Crippen LogP) is 1.51. The monoisotopic (exact) mass is 249 g/mol. The number of aromatic carboxylic acids is 1. The summed E-state index contributed by atoms with van der Waals surface area (Å²) in [5, 5.41) is 18.4. The van der Waals surface area contributed by atoms with E-state index < -0.39 is 5.97 Å². The predicted molar refractivity (Wildman–Crippen MR) is 68.7 cm³/mol. The quantitative estimate of drug-likeness (QED) is 0.849. The van der Waals surface area contributed by atoms with Crippen molar-refractivity contribution in [2.75, 3.05) is 13.1 Å². The van der Waals surface area contributed by atoms with Gasteiger partial charge in [-0.2, -0.15) is 0 Å². The molecular formula is C14H19NO3. The molecule has 0 spiro atoms. The minimum Gasteiger partial charge on any atom is -0.478 e. The summed E-state index contributed by atoms with van der Waals surface area (Å²) in [5.74, 6) is -0.843. The third kappa shape index (κ3) is 2.89. The lowest BCUT2D eigenvalue weighted by Crippen LogP contribution is -2.33. The molecule has 0 aromatic heterocycles. The third-order valence-electron chi connectivity index (χ3n) is 3.44. The Morgan fingerprint density at radius 1 is 1.50 bits per heavy atom. The van der Waals surface area contributed by atoms with E-state index in [1.807, 2.05) is 6.07 Å². The van der Waals surface area contributed by atoms with Gasteiger partial charge in [0.15, 0.2) is 0 Å². The van der Waals surface area contributed by atoms with Crippen LogP contribution in [0.2, 0.25) is 0 Å². The van der Waals surface area contributed by atoms with Crippen molar-refractivity contribution in [1.29, 1.82) is 0 Å². The molecular weight excluding hydrogens is 230 g/mol. The van der Waals surface area contributed by atoms with E-state index in [1.165, 1.54) is 0 Å². The van der Waals surface area contributed by atoms with Gasteiger partial charge in [-0.25, -0.2) is 4.79 Å². The number of fused-ring (bicyclic) bond motifs is 1. The number of nitrogens with zero attached hydrogens (tertiary/aromatic N) is 1. The summed E-state index contributed by atoms with van der Waals surface area (Å²) < 4.78 is 0. The van der Waals surface area contributed by atoms with E-state index in [0.717, 1.165) is 43.6 Å². The number of carboxylic acids is 1. The van der Waals surface area contributed by atoms with E-state index in [4.69, 9.17) is 5.11 Å². The van der Waals surface area contributed by atoms with Crippen LogP contribution >= 0.6 is 0 Å². The molecule has 18 heavy (non-hydrogen) atoms. The second-order valence-corrected chi connectivity index (χ2v) is 4.91. The highest BCUT2D eigenvalue weighted by atomic mass is 16.4. The summed E-state index contributed by atoms with van der Waals surface area (Å²) in [6.07, 6.45) is 1.25. The van der Waals surface area contributed by atoms with E-state index in [1.54, 1.807) is 19.1 Å². The minimum atomic E-state index is -0.843. The lowest BCUT2D eigenvalue weighted by molar-refractivity contribution is 0.0694. The molecule has 0 saturated carbocycles. The lowest BCUT2D eigenvalue weighted by Gasteiger charge is -2.29. The van der Waals surface area contributed by atoms with Crippen LogP contribution in [-0.2, 0) is 13.0 Å². The first kappa shape index (κ1) is 13.1. The van der Waals surface area contributed by atoms with Gasteiger partial charge in [0.25, 0.3) is 0 Å². The van der Waals surface area contributed by atoms with Gasteiger partial charge in [-0.15, -0.1) is 0 Å². The van der Waals surface area contributed by atoms with Gasteiger partial charge in [-0.1, -0.05) is 12.1 Å². The Kier molecular flexibility index (Phi) is 3.99. The summed E-state index contributed by atoms with van der Waals surface area (Å²) >= 11 is 0. The standard InChI is InChI=1S/C14H19NO3/c1-10(16)5-7-15-8-6-12-11(9-15)3-2-4-13(12)14(17)18/h2-4,10,16H,5-9H2,1H3,(H,17,18). The fourth-order valence-corrected chi connectivity index (χ4v) is 2.43. The summed E-state index contributed by atoms with van der Waals surface area (Å²) in [4.78, 5) is 13.4.